The summed E-state index contributed by atoms with van der Waals surface area (Å²) in [6.45, 7) is 1.78. The molecule has 1 fully saturated rings. The molecule has 11 heteroatoms. The molecule has 0 radical (unpaired) electrons. The Morgan fingerprint density at radius 3 is 2.46 bits per heavy atom. The van der Waals surface area contributed by atoms with Crippen LogP contribution in [0.5, 0.6) is 5.75 Å². The maximum atomic E-state index is 13.6. The minimum absolute atomic E-state index is 0.0153. The molecule has 1 amide bonds. The lowest BCUT2D eigenvalue weighted by Crippen LogP contribution is -2.46. The van der Waals surface area contributed by atoms with Crippen molar-refractivity contribution >= 4 is 54.2 Å². The summed E-state index contributed by atoms with van der Waals surface area (Å²) >= 11 is 7.58. The second kappa shape index (κ2) is 10.8. The van der Waals surface area contributed by atoms with Gasteiger partial charge in [-0.1, -0.05) is 22.9 Å². The molecular formula is C24H29ClN4O4S2. The molecule has 1 aromatic heterocycles. The summed E-state index contributed by atoms with van der Waals surface area (Å²) in [5, 5.41) is 1.27. The molecule has 0 unspecified atom stereocenters. The van der Waals surface area contributed by atoms with Gasteiger partial charge in [-0.05, 0) is 69.4 Å². The molecule has 8 nitrogen and oxygen atoms in total. The van der Waals surface area contributed by atoms with E-state index in [1.165, 1.54) is 22.8 Å². The summed E-state index contributed by atoms with van der Waals surface area (Å²) < 4.78 is 33.7. The van der Waals surface area contributed by atoms with Gasteiger partial charge in [0.2, 0.25) is 15.9 Å². The molecule has 0 saturated carbocycles. The van der Waals surface area contributed by atoms with Crippen LogP contribution < -0.4 is 9.64 Å². The molecule has 1 aliphatic heterocycles. The average molecular weight is 537 g/mol. The topological polar surface area (TPSA) is 83.0 Å². The number of hydrogen-bond acceptors (Lipinski definition) is 7. The number of likely N-dealkylation sites (N-methyl/N-ethyl adjacent to an activating group) is 1. The van der Waals surface area contributed by atoms with Crippen molar-refractivity contribution in [3.8, 4) is 5.75 Å². The first-order chi connectivity index (χ1) is 16.7. The van der Waals surface area contributed by atoms with E-state index < -0.39 is 10.0 Å². The average Bonchev–Trinajstić information content (AvgIpc) is 3.26. The number of methoxy groups -OCH3 is 1. The van der Waals surface area contributed by atoms with Crippen LogP contribution in [-0.2, 0) is 14.8 Å². The molecule has 35 heavy (non-hydrogen) atoms. The minimum Gasteiger partial charge on any atom is -0.497 e. The quantitative estimate of drug-likeness (QED) is 0.433. The van der Waals surface area contributed by atoms with Gasteiger partial charge in [0.05, 0.1) is 22.2 Å². The van der Waals surface area contributed by atoms with E-state index in [1.54, 1.807) is 35.2 Å². The van der Waals surface area contributed by atoms with Crippen LogP contribution >= 0.6 is 22.9 Å². The van der Waals surface area contributed by atoms with Crippen LogP contribution in [0.1, 0.15) is 12.8 Å². The third-order valence-electron chi connectivity index (χ3n) is 6.11. The first-order valence-electron chi connectivity index (χ1n) is 11.4. The third kappa shape index (κ3) is 5.78. The Morgan fingerprint density at radius 2 is 1.83 bits per heavy atom. The predicted molar refractivity (Wildman–Crippen MR) is 140 cm³/mol. The van der Waals surface area contributed by atoms with Crippen molar-refractivity contribution in [3.05, 3.63) is 47.5 Å². The molecule has 2 aromatic carbocycles. The van der Waals surface area contributed by atoms with E-state index in [0.29, 0.717) is 54.9 Å². The molecule has 0 spiro atoms. The number of amides is 1. The number of hydrogen-bond donors (Lipinski definition) is 0. The van der Waals surface area contributed by atoms with Gasteiger partial charge in [0.25, 0.3) is 0 Å². The molecule has 1 saturated heterocycles. The number of aromatic nitrogens is 1. The Labute approximate surface area is 215 Å². The number of halogens is 1. The second-order valence-electron chi connectivity index (χ2n) is 8.76. The first kappa shape index (κ1) is 25.8. The highest BCUT2D eigenvalue weighted by Crippen LogP contribution is 2.33. The van der Waals surface area contributed by atoms with Crippen molar-refractivity contribution in [2.24, 2.45) is 5.92 Å². The van der Waals surface area contributed by atoms with Crippen molar-refractivity contribution in [2.45, 2.75) is 17.7 Å². The van der Waals surface area contributed by atoms with Crippen molar-refractivity contribution in [1.82, 2.24) is 14.2 Å². The van der Waals surface area contributed by atoms with Gasteiger partial charge >= 0.3 is 0 Å². The molecule has 3 aromatic rings. The van der Waals surface area contributed by atoms with Gasteiger partial charge in [-0.3, -0.25) is 9.69 Å². The summed E-state index contributed by atoms with van der Waals surface area (Å²) in [6, 6.07) is 11.9. The summed E-state index contributed by atoms with van der Waals surface area (Å²) in [4.78, 5) is 22.3. The summed E-state index contributed by atoms with van der Waals surface area (Å²) in [6.07, 6.45) is 0.923. The highest BCUT2D eigenvalue weighted by atomic mass is 35.5. The summed E-state index contributed by atoms with van der Waals surface area (Å²) in [7, 11) is 1.83. The van der Waals surface area contributed by atoms with Crippen LogP contribution in [0.4, 0.5) is 5.13 Å². The molecule has 0 bridgehead atoms. The van der Waals surface area contributed by atoms with Crippen LogP contribution in [0.15, 0.2) is 47.4 Å². The van der Waals surface area contributed by atoms with Crippen LogP contribution in [0, 0.1) is 5.92 Å². The zero-order chi connectivity index (χ0) is 25.2. The molecule has 188 valence electrons. The summed E-state index contributed by atoms with van der Waals surface area (Å²) in [5.41, 5.74) is 0.803. The van der Waals surface area contributed by atoms with E-state index in [1.807, 2.05) is 31.1 Å². The Bertz CT molecular complexity index is 1290. The fourth-order valence-corrected chi connectivity index (χ4v) is 6.80. The first-order valence-corrected chi connectivity index (χ1v) is 14.0. The molecule has 1 aliphatic rings. The van der Waals surface area contributed by atoms with Crippen molar-refractivity contribution < 1.29 is 17.9 Å². The fourth-order valence-electron chi connectivity index (χ4n) is 4.06. The van der Waals surface area contributed by atoms with Crippen LogP contribution in [0.3, 0.4) is 0 Å². The maximum absolute atomic E-state index is 13.6. The maximum Gasteiger partial charge on any atom is 0.243 e. The smallest absolute Gasteiger partial charge is 0.243 e. The second-order valence-corrected chi connectivity index (χ2v) is 12.1. The molecule has 0 N–H and O–H groups in total. The highest BCUT2D eigenvalue weighted by Gasteiger charge is 2.35. The lowest BCUT2D eigenvalue weighted by atomic mass is 9.96. The van der Waals surface area contributed by atoms with Crippen LogP contribution in [-0.4, -0.2) is 75.9 Å². The van der Waals surface area contributed by atoms with Gasteiger partial charge in [0.15, 0.2) is 5.13 Å². The molecule has 2 heterocycles. The Kier molecular flexibility index (Phi) is 7.97. The number of benzene rings is 2. The Hall–Kier alpha value is -2.24. The van der Waals surface area contributed by atoms with E-state index >= 15 is 0 Å². The van der Waals surface area contributed by atoms with E-state index in [0.717, 1.165) is 10.2 Å². The van der Waals surface area contributed by atoms with Crippen molar-refractivity contribution in [2.75, 3.05) is 52.3 Å². The number of anilines is 1. The number of nitrogens with zero attached hydrogens (tertiary/aromatic N) is 4. The lowest BCUT2D eigenvalue weighted by Gasteiger charge is -2.33. The Morgan fingerprint density at radius 1 is 1.14 bits per heavy atom. The van der Waals surface area contributed by atoms with Gasteiger partial charge in [0.1, 0.15) is 5.75 Å². The van der Waals surface area contributed by atoms with E-state index in [2.05, 4.69) is 4.98 Å². The van der Waals surface area contributed by atoms with Crippen LogP contribution in [0.2, 0.25) is 5.02 Å². The van der Waals surface area contributed by atoms with Crippen molar-refractivity contribution in [3.63, 3.8) is 0 Å². The fraction of sp³-hybridized carbons (Fsp3) is 0.417. The number of piperidine rings is 1. The zero-order valence-corrected chi connectivity index (χ0v) is 22.4. The Balaban J connectivity index is 1.49. The molecule has 0 aliphatic carbocycles. The number of carbonyl (C=O) groups excluding carboxylic acids is 1. The van der Waals surface area contributed by atoms with E-state index in [-0.39, 0.29) is 16.7 Å². The lowest BCUT2D eigenvalue weighted by molar-refractivity contribution is -0.123. The number of fused-ring (bicyclic) bond motifs is 1. The predicted octanol–water partition coefficient (Wildman–Crippen LogP) is 3.95. The molecular weight excluding hydrogens is 508 g/mol. The highest BCUT2D eigenvalue weighted by molar-refractivity contribution is 7.89. The van der Waals surface area contributed by atoms with E-state index in [9.17, 15) is 13.2 Å². The van der Waals surface area contributed by atoms with Gasteiger partial charge in [-0.15, -0.1) is 0 Å². The number of rotatable bonds is 8. The molecule has 0 atom stereocenters. The van der Waals surface area contributed by atoms with E-state index in [4.69, 9.17) is 16.3 Å². The van der Waals surface area contributed by atoms with Crippen molar-refractivity contribution in [1.29, 1.82) is 0 Å². The SMILES string of the molecule is COc1ccc(S(=O)(=O)N2CCC(C(=O)N(CCN(C)C)c3nc4ccc(Cl)cc4s3)CC2)cc1. The standard InChI is InChI=1S/C24H29ClN4O4S2/c1-27(2)14-15-29(24-26-21-9-4-18(25)16-22(21)34-24)23(30)17-10-12-28(13-11-17)35(31,32)20-7-5-19(33-3)6-8-20/h4-9,16-17H,10-15H2,1-3H3. The third-order valence-corrected chi connectivity index (χ3v) is 9.30. The zero-order valence-electron chi connectivity index (χ0n) is 20.0. The van der Waals surface area contributed by atoms with Gasteiger partial charge in [-0.25, -0.2) is 13.4 Å². The summed E-state index contributed by atoms with van der Waals surface area (Å²) in [5.74, 6) is 0.316. The van der Waals surface area contributed by atoms with Crippen LogP contribution in [0.25, 0.3) is 10.2 Å². The monoisotopic (exact) mass is 536 g/mol. The minimum atomic E-state index is -3.63. The number of sulfonamides is 1. The van der Waals surface area contributed by atoms with Gasteiger partial charge < -0.3 is 9.64 Å². The number of carbonyl (C=O) groups is 1. The number of thiazole rings is 1. The van der Waals surface area contributed by atoms with Gasteiger partial charge in [0, 0.05) is 37.1 Å². The molecule has 4 rings (SSSR count). The normalized spacial score (nSPS) is 15.6. The number of ether oxygens (including phenoxy) is 1. The largest absolute Gasteiger partial charge is 0.497 e. The van der Waals surface area contributed by atoms with Gasteiger partial charge in [-0.2, -0.15) is 4.31 Å².